The van der Waals surface area contributed by atoms with E-state index in [1.807, 2.05) is 64.4 Å². The minimum Gasteiger partial charge on any atom is -0.462 e. The van der Waals surface area contributed by atoms with Crippen molar-refractivity contribution in [3.63, 3.8) is 0 Å². The minimum atomic E-state index is -0.902. The molecule has 4 aliphatic rings. The van der Waals surface area contributed by atoms with Crippen LogP contribution in [0.4, 0.5) is 19.7 Å². The van der Waals surface area contributed by atoms with E-state index in [4.69, 9.17) is 27.1 Å². The first kappa shape index (κ1) is 54.7. The summed E-state index contributed by atoms with van der Waals surface area (Å²) in [4.78, 5) is 66.9. The third kappa shape index (κ3) is 11.9. The number of carbonyl (C=O) groups excluding carboxylic acids is 3. The number of nitrogens with zero attached hydrogens (tertiary/aromatic N) is 7. The molecule has 21 heteroatoms. The zero-order valence-electron chi connectivity index (χ0n) is 44.2. The number of aromatic nitrogens is 4. The van der Waals surface area contributed by atoms with Gasteiger partial charge < -0.3 is 41.3 Å². The van der Waals surface area contributed by atoms with Crippen LogP contribution in [0.5, 0.6) is 6.01 Å². The number of likely N-dealkylation sites (tertiary alicyclic amines) is 2. The number of anilines is 2. The fourth-order valence-electron chi connectivity index (χ4n) is 11.6. The molecule has 6 N–H and O–H groups in total. The van der Waals surface area contributed by atoms with E-state index in [1.165, 1.54) is 17.0 Å². The number of nitrogens with two attached hydrogens (primary N) is 1. The predicted octanol–water partition coefficient (Wildman–Crippen LogP) is 8.96. The number of carbonyl (C=O) groups is 3. The molecule has 0 saturated carbocycles. The van der Waals surface area contributed by atoms with Gasteiger partial charge in [-0.05, 0) is 100 Å². The molecule has 6 aromatic rings. The van der Waals surface area contributed by atoms with Crippen molar-refractivity contribution < 1.29 is 33.0 Å². The summed E-state index contributed by atoms with van der Waals surface area (Å²) in [5.74, 6) is -1.60. The number of halogens is 3. The smallest absolute Gasteiger partial charge is 0.319 e. The van der Waals surface area contributed by atoms with Gasteiger partial charge in [-0.1, -0.05) is 80.8 Å². The number of fused-ring (bicyclic) bond motifs is 4. The van der Waals surface area contributed by atoms with Crippen molar-refractivity contribution in [2.24, 2.45) is 5.41 Å². The quantitative estimate of drug-likeness (QED) is 0.0511. The highest BCUT2D eigenvalue weighted by molar-refractivity contribution is 7.22. The second-order valence-electron chi connectivity index (χ2n) is 22.3. The molecule has 3 aromatic heterocycles. The van der Waals surface area contributed by atoms with Crippen LogP contribution in [0.15, 0.2) is 48.0 Å². The summed E-state index contributed by atoms with van der Waals surface area (Å²) in [5, 5.41) is 21.2. The molecule has 7 atom stereocenters. The molecule has 4 aliphatic heterocycles. The van der Waals surface area contributed by atoms with Crippen molar-refractivity contribution in [2.45, 2.75) is 141 Å². The highest BCUT2D eigenvalue weighted by Gasteiger charge is 2.45. The summed E-state index contributed by atoms with van der Waals surface area (Å²) < 4.78 is 38.6. The summed E-state index contributed by atoms with van der Waals surface area (Å²) >= 11 is 9.48. The summed E-state index contributed by atoms with van der Waals surface area (Å²) in [6.07, 6.45) is 6.77. The average Bonchev–Trinajstić information content (AvgIpc) is 4.29. The summed E-state index contributed by atoms with van der Waals surface area (Å²) in [7, 11) is 0. The number of piperazine rings is 1. The Kier molecular flexibility index (Phi) is 16.3. The van der Waals surface area contributed by atoms with Crippen molar-refractivity contribution in [1.29, 1.82) is 0 Å². The van der Waals surface area contributed by atoms with Crippen LogP contribution in [0.3, 0.4) is 0 Å². The van der Waals surface area contributed by atoms with Gasteiger partial charge in [-0.25, -0.2) is 18.7 Å². The number of ether oxygens (including phenoxy) is 1. The topological polar surface area (TPSA) is 204 Å². The first-order valence-electron chi connectivity index (χ1n) is 26.9. The fraction of sp³-hybridized carbons (Fsp3) is 0.518. The molecule has 2 bridgehead atoms. The third-order valence-electron chi connectivity index (χ3n) is 15.7. The molecule has 10 rings (SSSR count). The number of rotatable bonds is 18. The van der Waals surface area contributed by atoms with Gasteiger partial charge in [0.15, 0.2) is 10.9 Å². The van der Waals surface area contributed by atoms with Crippen LogP contribution in [0.25, 0.3) is 42.7 Å². The average molecular weight is 1110 g/mol. The Morgan fingerprint density at radius 1 is 0.974 bits per heavy atom. The number of amides is 3. The molecule has 4 fully saturated rings. The van der Waals surface area contributed by atoms with Crippen LogP contribution in [0.2, 0.25) is 5.02 Å². The molecule has 0 radical (unpaired) electrons. The Labute approximate surface area is 460 Å². The molecular formula is C56H68ClF2N11O5S2. The van der Waals surface area contributed by atoms with Crippen molar-refractivity contribution in [2.75, 3.05) is 50.0 Å². The van der Waals surface area contributed by atoms with E-state index in [-0.39, 0.29) is 98.7 Å². The molecule has 3 aromatic carbocycles. The highest BCUT2D eigenvalue weighted by atomic mass is 35.5. The maximum Gasteiger partial charge on any atom is 0.319 e. The van der Waals surface area contributed by atoms with Crippen molar-refractivity contribution >= 4 is 84.1 Å². The fourth-order valence-corrected chi connectivity index (χ4v) is 13.5. The van der Waals surface area contributed by atoms with Gasteiger partial charge in [0.05, 0.1) is 43.5 Å². The summed E-state index contributed by atoms with van der Waals surface area (Å²) in [5.41, 5.74) is 10.7. The molecule has 0 spiro atoms. The van der Waals surface area contributed by atoms with Gasteiger partial charge in [0, 0.05) is 67.1 Å². The van der Waals surface area contributed by atoms with Gasteiger partial charge in [0.25, 0.3) is 0 Å². The van der Waals surface area contributed by atoms with Crippen molar-refractivity contribution in [1.82, 2.24) is 45.7 Å². The molecule has 3 amide bonds. The molecular weight excluding hydrogens is 1040 g/mol. The van der Waals surface area contributed by atoms with Crippen LogP contribution in [0, 0.1) is 24.0 Å². The summed E-state index contributed by atoms with van der Waals surface area (Å²) in [6, 6.07) is 11.0. The lowest BCUT2D eigenvalue weighted by atomic mass is 9.85. The van der Waals surface area contributed by atoms with E-state index >= 15 is 4.39 Å². The molecule has 16 nitrogen and oxygen atoms in total. The number of benzene rings is 3. The third-order valence-corrected chi connectivity index (χ3v) is 17.9. The normalized spacial score (nSPS) is 21.5. The molecule has 4 saturated heterocycles. The van der Waals surface area contributed by atoms with Crippen LogP contribution < -0.4 is 31.3 Å². The van der Waals surface area contributed by atoms with Gasteiger partial charge in [-0.15, -0.1) is 11.3 Å². The van der Waals surface area contributed by atoms with E-state index in [2.05, 4.69) is 40.7 Å². The van der Waals surface area contributed by atoms with Crippen LogP contribution in [0.1, 0.15) is 109 Å². The van der Waals surface area contributed by atoms with Gasteiger partial charge in [-0.3, -0.25) is 19.3 Å². The van der Waals surface area contributed by atoms with E-state index in [9.17, 15) is 23.9 Å². The van der Waals surface area contributed by atoms with Gasteiger partial charge >= 0.3 is 6.01 Å². The zero-order chi connectivity index (χ0) is 54.3. The second-order valence-corrected chi connectivity index (χ2v) is 24.6. The number of aryl methyl sites for hydroxylation is 1. The number of aliphatic hydroxyl groups excluding tert-OH is 1. The van der Waals surface area contributed by atoms with Gasteiger partial charge in [0.2, 0.25) is 17.7 Å². The lowest BCUT2D eigenvalue weighted by molar-refractivity contribution is -0.144. The Morgan fingerprint density at radius 3 is 2.45 bits per heavy atom. The number of hydrogen-bond donors (Lipinski definition) is 5. The Bertz CT molecular complexity index is 3140. The maximum absolute atomic E-state index is 17.1. The van der Waals surface area contributed by atoms with Crippen LogP contribution >= 0.6 is 34.3 Å². The monoisotopic (exact) mass is 1110 g/mol. The molecule has 410 valence electrons. The number of thiazole rings is 2. The van der Waals surface area contributed by atoms with Crippen LogP contribution in [-0.2, 0) is 14.4 Å². The standard InChI is InChI=1S/C56H68ClF2N11O5S2/c1-30(32-13-15-33(16-14-32)48-31(2)61-29-76-48)62-52(73)42-23-37(71)27-70(42)53(74)50(56(3,4)5)64-43(72)12-8-6-7-9-21-68-22-10-11-36(68)28-75-55-66-46-39(51(67-55)69-25-34-17-18-35(26-69)63-34)24-40(57)44(45(46)59)38-19-20-41(58)49-47(38)65-54(60)77-49/h13-16,19-20,24,29-30,34-37,42,50,63,71H,6-12,17-18,21-23,25-28H2,1-5H3,(H2,60,65)(H,62,73)(H,64,72)/t30-,34?,35?,36-,37+,42-,50+/m0/s1. The highest BCUT2D eigenvalue weighted by Crippen LogP contribution is 2.43. The Morgan fingerprint density at radius 2 is 1.73 bits per heavy atom. The largest absolute Gasteiger partial charge is 0.462 e. The lowest BCUT2D eigenvalue weighted by Crippen LogP contribution is -2.57. The first-order valence-corrected chi connectivity index (χ1v) is 29.0. The molecule has 77 heavy (non-hydrogen) atoms. The summed E-state index contributed by atoms with van der Waals surface area (Å²) in [6.45, 7) is 13.0. The van der Waals surface area contributed by atoms with Crippen molar-refractivity contribution in [3.05, 3.63) is 75.9 Å². The number of β-amino-alcohol motifs (C(OH)–C–C–N with tert-alkyl or cyclic N) is 1. The number of nitrogens with one attached hydrogen (secondary N) is 3. The van der Waals surface area contributed by atoms with Crippen molar-refractivity contribution in [3.8, 4) is 27.6 Å². The maximum atomic E-state index is 17.1. The lowest BCUT2D eigenvalue weighted by Gasteiger charge is -2.35. The number of aliphatic hydroxyl groups is 1. The van der Waals surface area contributed by atoms with Crippen LogP contribution in [-0.4, -0.2) is 128 Å². The predicted molar refractivity (Wildman–Crippen MR) is 299 cm³/mol. The number of unbranched alkanes of at least 4 members (excludes halogenated alkanes) is 3. The van der Waals surface area contributed by atoms with E-state index < -0.39 is 35.2 Å². The molecule has 0 aliphatic carbocycles. The molecule has 7 heterocycles. The first-order chi connectivity index (χ1) is 36.9. The van der Waals surface area contributed by atoms with Gasteiger partial charge in [-0.2, -0.15) is 9.97 Å². The molecule has 2 unspecified atom stereocenters. The number of hydrogen-bond acceptors (Lipinski definition) is 15. The van der Waals surface area contributed by atoms with E-state index in [1.54, 1.807) is 17.4 Å². The zero-order valence-corrected chi connectivity index (χ0v) is 46.6. The minimum absolute atomic E-state index is 0.000877. The van der Waals surface area contributed by atoms with Gasteiger partial charge in [0.1, 0.15) is 35.8 Å². The SMILES string of the molecule is Cc1ncsc1-c1ccc([C@H](C)NC(=O)[C@@H]2C[C@@H](O)CN2C(=O)[C@@H](NC(=O)CCCCCCN2CCC[C@H]2COc2nc(N3CC4CCC(C3)N4)c3cc(Cl)c(-c4ccc(F)c5sc(N)nc45)c(F)c3n2)C(C)(C)C)cc1. The second kappa shape index (κ2) is 23.0. The Hall–Kier alpha value is -5.64. The number of nitrogen functional groups attached to an aromatic ring is 1. The Balaban J connectivity index is 0.725. The van der Waals surface area contributed by atoms with E-state index in [0.717, 1.165) is 91.1 Å². The van der Waals surface area contributed by atoms with E-state index in [0.29, 0.717) is 42.9 Å².